The van der Waals surface area contributed by atoms with Gasteiger partial charge in [-0.15, -0.1) is 0 Å². The van der Waals surface area contributed by atoms with Gasteiger partial charge in [0.1, 0.15) is 5.75 Å². The van der Waals surface area contributed by atoms with Crippen LogP contribution in [0.3, 0.4) is 0 Å². The number of anilines is 2. The van der Waals surface area contributed by atoms with Crippen LogP contribution < -0.4 is 10.6 Å². The van der Waals surface area contributed by atoms with E-state index in [0.717, 1.165) is 0 Å². The molecule has 0 aliphatic carbocycles. The first-order valence-corrected chi connectivity index (χ1v) is 10.0. The quantitative estimate of drug-likeness (QED) is 0.440. The number of hydrogen-bond acceptors (Lipinski definition) is 7. The Balaban J connectivity index is 1.98. The van der Waals surface area contributed by atoms with Crippen LogP contribution in [0.5, 0.6) is 5.75 Å². The molecule has 0 saturated carbocycles. The molecule has 29 heavy (non-hydrogen) atoms. The summed E-state index contributed by atoms with van der Waals surface area (Å²) in [7, 11) is 0. The van der Waals surface area contributed by atoms with Crippen LogP contribution in [0.4, 0.5) is 11.8 Å². The molecule has 0 amide bonds. The van der Waals surface area contributed by atoms with Gasteiger partial charge < -0.3 is 25.4 Å². The summed E-state index contributed by atoms with van der Waals surface area (Å²) in [6.45, 7) is 8.44. The molecule has 1 aromatic carbocycles. The maximum absolute atomic E-state index is 10.1. The van der Waals surface area contributed by atoms with E-state index in [1.54, 1.807) is 24.5 Å². The molecule has 3 aromatic rings. The van der Waals surface area contributed by atoms with Crippen molar-refractivity contribution >= 4 is 34.5 Å². The second kappa shape index (κ2) is 8.84. The summed E-state index contributed by atoms with van der Waals surface area (Å²) in [5, 5.41) is 26.7. The summed E-state index contributed by atoms with van der Waals surface area (Å²) in [6, 6.07) is 4.90. The number of fused-ring (bicyclic) bond motifs is 1. The Morgan fingerprint density at radius 2 is 1.93 bits per heavy atom. The largest absolute Gasteiger partial charge is 0.508 e. The van der Waals surface area contributed by atoms with Crippen LogP contribution >= 0.6 is 11.6 Å². The molecular weight excluding hydrogens is 392 g/mol. The first-order valence-electron chi connectivity index (χ1n) is 9.63. The molecule has 0 aliphatic heterocycles. The number of imidazole rings is 1. The van der Waals surface area contributed by atoms with E-state index in [1.807, 2.05) is 18.4 Å². The van der Waals surface area contributed by atoms with E-state index >= 15 is 0 Å². The minimum Gasteiger partial charge on any atom is -0.508 e. The van der Waals surface area contributed by atoms with Crippen molar-refractivity contribution in [1.82, 2.24) is 19.5 Å². The fourth-order valence-electron chi connectivity index (χ4n) is 2.95. The number of rotatable bonds is 8. The van der Waals surface area contributed by atoms with E-state index in [4.69, 9.17) is 11.6 Å². The van der Waals surface area contributed by atoms with Crippen molar-refractivity contribution in [2.24, 2.45) is 5.92 Å². The minimum atomic E-state index is -0.173. The maximum Gasteiger partial charge on any atom is 0.227 e. The van der Waals surface area contributed by atoms with E-state index in [9.17, 15) is 10.2 Å². The average molecular weight is 419 g/mol. The Kier molecular flexibility index (Phi) is 6.44. The van der Waals surface area contributed by atoms with Crippen molar-refractivity contribution in [3.05, 3.63) is 35.1 Å². The monoisotopic (exact) mass is 418 g/mol. The highest BCUT2D eigenvalue weighted by Gasteiger charge is 2.18. The first kappa shape index (κ1) is 21.1. The molecule has 2 heterocycles. The summed E-state index contributed by atoms with van der Waals surface area (Å²) < 4.78 is 1.97. The van der Waals surface area contributed by atoms with Crippen LogP contribution in [0.1, 0.15) is 39.3 Å². The molecule has 0 aliphatic rings. The van der Waals surface area contributed by atoms with Gasteiger partial charge in [-0.25, -0.2) is 4.98 Å². The zero-order valence-electron chi connectivity index (χ0n) is 17.0. The van der Waals surface area contributed by atoms with Gasteiger partial charge >= 0.3 is 0 Å². The molecule has 9 heteroatoms. The number of aromatic hydroxyl groups is 1. The van der Waals surface area contributed by atoms with Gasteiger partial charge in [0.05, 0.1) is 19.0 Å². The van der Waals surface area contributed by atoms with Crippen LogP contribution in [0.15, 0.2) is 24.5 Å². The van der Waals surface area contributed by atoms with Gasteiger partial charge in [-0.1, -0.05) is 25.4 Å². The zero-order valence-corrected chi connectivity index (χ0v) is 17.8. The lowest BCUT2D eigenvalue weighted by atomic mass is 10.1. The predicted octanol–water partition coefficient (Wildman–Crippen LogP) is 3.81. The van der Waals surface area contributed by atoms with Gasteiger partial charge in [0.25, 0.3) is 0 Å². The Hall–Kier alpha value is -2.58. The molecule has 156 valence electrons. The molecule has 0 saturated heterocycles. The highest BCUT2D eigenvalue weighted by atomic mass is 35.5. The van der Waals surface area contributed by atoms with Crippen LogP contribution in [-0.4, -0.2) is 42.4 Å². The van der Waals surface area contributed by atoms with Crippen molar-refractivity contribution < 1.29 is 10.2 Å². The second-order valence-electron chi connectivity index (χ2n) is 7.62. The number of aliphatic hydroxyl groups excluding tert-OH is 1. The SMILES string of the molecule is CC(C)C(CO)Nc1nc(NCc2cc(Cl)ccc2O)c2ncn(C(C)C)c2n1. The molecule has 1 atom stereocenters. The van der Waals surface area contributed by atoms with Crippen molar-refractivity contribution in [2.75, 3.05) is 17.2 Å². The molecule has 0 fully saturated rings. The van der Waals surface area contributed by atoms with E-state index in [2.05, 4.69) is 39.4 Å². The third-order valence-electron chi connectivity index (χ3n) is 4.78. The van der Waals surface area contributed by atoms with Crippen molar-refractivity contribution in [3.63, 3.8) is 0 Å². The van der Waals surface area contributed by atoms with E-state index in [1.165, 1.54) is 0 Å². The zero-order chi connectivity index (χ0) is 21.1. The number of benzene rings is 1. The lowest BCUT2D eigenvalue weighted by molar-refractivity contribution is 0.248. The second-order valence-corrected chi connectivity index (χ2v) is 8.05. The van der Waals surface area contributed by atoms with Crippen LogP contribution in [0.2, 0.25) is 5.02 Å². The van der Waals surface area contributed by atoms with Gasteiger partial charge in [-0.3, -0.25) is 0 Å². The number of nitrogens with zero attached hydrogens (tertiary/aromatic N) is 4. The third-order valence-corrected chi connectivity index (χ3v) is 5.02. The van der Waals surface area contributed by atoms with Crippen molar-refractivity contribution in [1.29, 1.82) is 0 Å². The smallest absolute Gasteiger partial charge is 0.227 e. The normalized spacial score (nSPS) is 12.7. The number of halogens is 1. The maximum atomic E-state index is 10.1. The van der Waals surface area contributed by atoms with Gasteiger partial charge in [-0.05, 0) is 38.0 Å². The van der Waals surface area contributed by atoms with Crippen LogP contribution in [0.25, 0.3) is 11.2 Å². The summed E-state index contributed by atoms with van der Waals surface area (Å²) in [5.41, 5.74) is 1.98. The highest BCUT2D eigenvalue weighted by Crippen LogP contribution is 2.26. The number of nitrogens with one attached hydrogen (secondary N) is 2. The summed E-state index contributed by atoms with van der Waals surface area (Å²) in [5.74, 6) is 1.30. The summed E-state index contributed by atoms with van der Waals surface area (Å²) in [6.07, 6.45) is 1.74. The number of hydrogen-bond donors (Lipinski definition) is 4. The highest BCUT2D eigenvalue weighted by molar-refractivity contribution is 6.30. The topological polar surface area (TPSA) is 108 Å². The molecule has 0 spiro atoms. The lowest BCUT2D eigenvalue weighted by Gasteiger charge is -2.20. The summed E-state index contributed by atoms with van der Waals surface area (Å²) >= 11 is 6.05. The van der Waals surface area contributed by atoms with Crippen molar-refractivity contribution in [3.8, 4) is 5.75 Å². The third kappa shape index (κ3) is 4.71. The van der Waals surface area contributed by atoms with E-state index < -0.39 is 0 Å². The summed E-state index contributed by atoms with van der Waals surface area (Å²) in [4.78, 5) is 13.7. The molecule has 2 aromatic heterocycles. The predicted molar refractivity (Wildman–Crippen MR) is 115 cm³/mol. The fourth-order valence-corrected chi connectivity index (χ4v) is 3.14. The molecule has 3 rings (SSSR count). The Labute approximate surface area is 175 Å². The first-order chi connectivity index (χ1) is 13.8. The van der Waals surface area contributed by atoms with Crippen LogP contribution in [0, 0.1) is 5.92 Å². The van der Waals surface area contributed by atoms with Crippen molar-refractivity contribution in [2.45, 2.75) is 46.3 Å². The van der Waals surface area contributed by atoms with Crippen LogP contribution in [-0.2, 0) is 6.54 Å². The van der Waals surface area contributed by atoms with E-state index in [-0.39, 0.29) is 30.4 Å². The molecule has 1 unspecified atom stereocenters. The Morgan fingerprint density at radius 1 is 1.17 bits per heavy atom. The molecule has 4 N–H and O–H groups in total. The Morgan fingerprint density at radius 3 is 2.59 bits per heavy atom. The molecular formula is C20H27ClN6O2. The van der Waals surface area contributed by atoms with Gasteiger partial charge in [-0.2, -0.15) is 9.97 Å². The standard InChI is InChI=1S/C20H27ClN6O2/c1-11(2)15(9-28)24-20-25-18(17-19(26-20)27(10-23-17)12(3)4)22-8-13-7-14(21)5-6-16(13)29/h5-7,10-12,15,28-29H,8-9H2,1-4H3,(H2,22,24,25,26). The number of aromatic nitrogens is 4. The molecule has 0 radical (unpaired) electrons. The van der Waals surface area contributed by atoms with Gasteiger partial charge in [0.15, 0.2) is 17.0 Å². The lowest BCUT2D eigenvalue weighted by Crippen LogP contribution is -2.30. The average Bonchev–Trinajstić information content (AvgIpc) is 3.10. The van der Waals surface area contributed by atoms with E-state index in [0.29, 0.717) is 40.1 Å². The van der Waals surface area contributed by atoms with Gasteiger partial charge in [0.2, 0.25) is 5.95 Å². The number of aliphatic hydroxyl groups is 1. The molecule has 0 bridgehead atoms. The van der Waals surface area contributed by atoms with Gasteiger partial charge in [0, 0.05) is 23.2 Å². The Bertz CT molecular complexity index is 989. The number of phenolic OH excluding ortho intramolecular Hbond substituents is 1. The minimum absolute atomic E-state index is 0.0261. The molecule has 8 nitrogen and oxygen atoms in total. The fraction of sp³-hybridized carbons (Fsp3) is 0.450. The number of phenols is 1.